The average Bonchev–Trinajstić information content (AvgIpc) is 2.91. The summed E-state index contributed by atoms with van der Waals surface area (Å²) in [5, 5.41) is 0.455. The molecule has 1 fully saturated rings. The smallest absolute Gasteiger partial charge is 0.262 e. The Kier molecular flexibility index (Phi) is 6.56. The summed E-state index contributed by atoms with van der Waals surface area (Å²) in [6, 6.07) is 18.9. The van der Waals surface area contributed by atoms with Gasteiger partial charge in [0.1, 0.15) is 11.6 Å². The highest BCUT2D eigenvalue weighted by Gasteiger charge is 2.23. The monoisotopic (exact) mass is 504 g/mol. The molecule has 1 amide bonds. The van der Waals surface area contributed by atoms with Gasteiger partial charge in [0.05, 0.1) is 24.6 Å². The van der Waals surface area contributed by atoms with Crippen molar-refractivity contribution in [1.82, 2.24) is 14.5 Å². The zero-order valence-electron chi connectivity index (χ0n) is 19.7. The second-order valence-corrected chi connectivity index (χ2v) is 9.04. The van der Waals surface area contributed by atoms with Crippen LogP contribution < -0.4 is 15.2 Å². The molecule has 5 rings (SSSR count). The number of H-pyrrole nitrogens is 1. The number of fused-ring (bicyclic) bond motifs is 1. The predicted octanol–water partition coefficient (Wildman–Crippen LogP) is 4.22. The summed E-state index contributed by atoms with van der Waals surface area (Å²) in [7, 11) is 1.59. The average molecular weight is 505 g/mol. The zero-order valence-corrected chi connectivity index (χ0v) is 20.6. The number of aromatic nitrogens is 2. The molecule has 1 saturated heterocycles. The van der Waals surface area contributed by atoms with Gasteiger partial charge in [0, 0.05) is 43.0 Å². The fourth-order valence-corrected chi connectivity index (χ4v) is 4.79. The Balaban J connectivity index is 1.36. The van der Waals surface area contributed by atoms with E-state index in [1.807, 2.05) is 24.3 Å². The Morgan fingerprint density at radius 1 is 1.03 bits per heavy atom. The summed E-state index contributed by atoms with van der Waals surface area (Å²) in [5.41, 5.74) is 2.56. The summed E-state index contributed by atoms with van der Waals surface area (Å²) in [6.45, 7) is 2.67. The molecule has 1 aliphatic heterocycles. The molecular formula is C27H25FN4O3S. The van der Waals surface area contributed by atoms with Crippen LogP contribution in [-0.2, 0) is 6.54 Å². The number of anilines is 1. The lowest BCUT2D eigenvalue weighted by Crippen LogP contribution is -2.48. The van der Waals surface area contributed by atoms with Crippen LogP contribution in [0.15, 0.2) is 71.5 Å². The van der Waals surface area contributed by atoms with Gasteiger partial charge < -0.3 is 19.5 Å². The lowest BCUT2D eigenvalue weighted by atomic mass is 10.1. The number of methoxy groups -OCH3 is 1. The normalized spacial score (nSPS) is 13.7. The van der Waals surface area contributed by atoms with Crippen LogP contribution in [0.3, 0.4) is 0 Å². The number of piperazine rings is 1. The van der Waals surface area contributed by atoms with Crippen LogP contribution in [0.2, 0.25) is 0 Å². The van der Waals surface area contributed by atoms with Gasteiger partial charge in [-0.1, -0.05) is 18.2 Å². The van der Waals surface area contributed by atoms with E-state index in [0.29, 0.717) is 48.4 Å². The number of benzene rings is 3. The first-order valence-electron chi connectivity index (χ1n) is 11.6. The number of nitrogens with one attached hydrogen (secondary N) is 1. The van der Waals surface area contributed by atoms with E-state index in [9.17, 15) is 14.0 Å². The van der Waals surface area contributed by atoms with Crippen LogP contribution in [-0.4, -0.2) is 53.6 Å². The molecule has 7 nitrogen and oxygen atoms in total. The van der Waals surface area contributed by atoms with Gasteiger partial charge in [-0.25, -0.2) is 4.39 Å². The first-order chi connectivity index (χ1) is 17.4. The van der Waals surface area contributed by atoms with Gasteiger partial charge in [-0.3, -0.25) is 14.2 Å². The van der Waals surface area contributed by atoms with Crippen LogP contribution in [0.4, 0.5) is 10.1 Å². The Morgan fingerprint density at radius 2 is 1.75 bits per heavy atom. The number of halogens is 1. The summed E-state index contributed by atoms with van der Waals surface area (Å²) in [4.78, 5) is 33.5. The minimum atomic E-state index is -0.269. The second-order valence-electron chi connectivity index (χ2n) is 8.65. The highest BCUT2D eigenvalue weighted by atomic mass is 32.1. The molecule has 9 heteroatoms. The van der Waals surface area contributed by atoms with Crippen molar-refractivity contribution in [2.75, 3.05) is 38.2 Å². The maximum Gasteiger partial charge on any atom is 0.262 e. The van der Waals surface area contributed by atoms with E-state index in [4.69, 9.17) is 17.0 Å². The van der Waals surface area contributed by atoms with Gasteiger partial charge in [0.15, 0.2) is 4.77 Å². The SMILES string of the molecule is COc1ccccc1Cn1c(=S)[nH]c2cc(C(=O)N3CCN(c4ccc(F)cc4)CC3)ccc2c1=O. The number of rotatable bonds is 5. The highest BCUT2D eigenvalue weighted by Crippen LogP contribution is 2.21. The minimum absolute atomic E-state index is 0.104. The maximum absolute atomic E-state index is 13.2. The van der Waals surface area contributed by atoms with E-state index < -0.39 is 0 Å². The van der Waals surface area contributed by atoms with E-state index in [-0.39, 0.29) is 28.6 Å². The molecule has 0 unspecified atom stereocenters. The molecule has 0 spiro atoms. The number of amides is 1. The molecule has 4 aromatic rings. The van der Waals surface area contributed by atoms with E-state index in [2.05, 4.69) is 9.88 Å². The van der Waals surface area contributed by atoms with Gasteiger partial charge in [-0.15, -0.1) is 0 Å². The van der Waals surface area contributed by atoms with E-state index >= 15 is 0 Å². The molecule has 1 N–H and O–H groups in total. The first kappa shape index (κ1) is 23.7. The quantitative estimate of drug-likeness (QED) is 0.412. The topological polar surface area (TPSA) is 70.6 Å². The number of carbonyl (C=O) groups is 1. The molecule has 0 saturated carbocycles. The molecule has 0 bridgehead atoms. The lowest BCUT2D eigenvalue weighted by molar-refractivity contribution is 0.0747. The molecule has 0 aliphatic carbocycles. The Morgan fingerprint density at radius 3 is 2.47 bits per heavy atom. The Bertz CT molecular complexity index is 1540. The number of hydrogen-bond donors (Lipinski definition) is 1. The van der Waals surface area contributed by atoms with Gasteiger partial charge in [-0.05, 0) is 60.7 Å². The van der Waals surface area contributed by atoms with E-state index in [1.54, 1.807) is 42.3 Å². The Hall–Kier alpha value is -3.98. The highest BCUT2D eigenvalue weighted by molar-refractivity contribution is 7.71. The van der Waals surface area contributed by atoms with Crippen LogP contribution in [0, 0.1) is 10.6 Å². The second kappa shape index (κ2) is 9.94. The number of nitrogens with zero attached hydrogens (tertiary/aromatic N) is 3. The van der Waals surface area contributed by atoms with Crippen molar-refractivity contribution in [1.29, 1.82) is 0 Å². The summed E-state index contributed by atoms with van der Waals surface area (Å²) in [5.74, 6) is 0.307. The molecule has 1 aliphatic rings. The van der Waals surface area contributed by atoms with Crippen molar-refractivity contribution < 1.29 is 13.9 Å². The fourth-order valence-electron chi connectivity index (χ4n) is 4.54. The van der Waals surface area contributed by atoms with Gasteiger partial charge in [-0.2, -0.15) is 0 Å². The molecule has 184 valence electrons. The largest absolute Gasteiger partial charge is 0.496 e. The summed E-state index contributed by atoms with van der Waals surface area (Å²) in [6.07, 6.45) is 0. The van der Waals surface area contributed by atoms with Crippen LogP contribution in [0.5, 0.6) is 5.75 Å². The third kappa shape index (κ3) is 4.61. The fraction of sp³-hybridized carbons (Fsp3) is 0.222. The number of hydrogen-bond acceptors (Lipinski definition) is 5. The van der Waals surface area contributed by atoms with Crippen molar-refractivity contribution in [3.05, 3.63) is 98.8 Å². The number of aromatic amines is 1. The molecule has 0 atom stereocenters. The van der Waals surface area contributed by atoms with Crippen LogP contribution >= 0.6 is 12.2 Å². The molecule has 36 heavy (non-hydrogen) atoms. The standard InChI is InChI=1S/C27H25FN4O3S/c1-35-24-5-3-2-4-19(24)17-32-26(34)22-11-6-18(16-23(22)29-27(32)36)25(33)31-14-12-30(13-15-31)21-9-7-20(28)8-10-21/h2-11,16H,12-15,17H2,1H3,(H,29,36). The predicted molar refractivity (Wildman–Crippen MR) is 140 cm³/mol. The number of para-hydroxylation sites is 1. The first-order valence-corrected chi connectivity index (χ1v) is 12.0. The number of carbonyl (C=O) groups excluding carboxylic acids is 1. The molecular weight excluding hydrogens is 479 g/mol. The lowest BCUT2D eigenvalue weighted by Gasteiger charge is -2.36. The van der Waals surface area contributed by atoms with E-state index in [1.165, 1.54) is 16.7 Å². The summed E-state index contributed by atoms with van der Waals surface area (Å²) >= 11 is 5.49. The molecule has 2 heterocycles. The maximum atomic E-state index is 13.2. The van der Waals surface area contributed by atoms with Gasteiger partial charge >= 0.3 is 0 Å². The molecule has 1 aromatic heterocycles. The van der Waals surface area contributed by atoms with E-state index in [0.717, 1.165) is 11.3 Å². The third-order valence-corrected chi connectivity index (χ3v) is 6.83. The van der Waals surface area contributed by atoms with Crippen molar-refractivity contribution in [3.8, 4) is 5.75 Å². The van der Waals surface area contributed by atoms with Crippen LogP contribution in [0.1, 0.15) is 15.9 Å². The summed E-state index contributed by atoms with van der Waals surface area (Å²) < 4.78 is 20.4. The van der Waals surface area contributed by atoms with Gasteiger partial charge in [0.25, 0.3) is 11.5 Å². The molecule has 0 radical (unpaired) electrons. The van der Waals surface area contributed by atoms with Gasteiger partial charge in [0.2, 0.25) is 0 Å². The van der Waals surface area contributed by atoms with Crippen molar-refractivity contribution in [2.45, 2.75) is 6.54 Å². The van der Waals surface area contributed by atoms with Crippen molar-refractivity contribution in [3.63, 3.8) is 0 Å². The third-order valence-electron chi connectivity index (χ3n) is 6.51. The van der Waals surface area contributed by atoms with Crippen molar-refractivity contribution >= 4 is 34.7 Å². The van der Waals surface area contributed by atoms with Crippen molar-refractivity contribution in [2.24, 2.45) is 0 Å². The zero-order chi connectivity index (χ0) is 25.2. The Labute approximate surface area is 212 Å². The minimum Gasteiger partial charge on any atom is -0.496 e. The van der Waals surface area contributed by atoms with Crippen LogP contribution in [0.25, 0.3) is 10.9 Å². The number of ether oxygens (including phenoxy) is 1. The molecule has 3 aromatic carbocycles.